The molecule has 2 amide bonds. The standard InChI is InChI=1S/C16H33N3O2/c1-5-7-8-14(6-2)13-18-16(21)10-9-15(20)17-11-12-19(3)4/h14H,5-13H2,1-4H3,(H,17,20)(H,18,21)/t14-/m0/s1. The van der Waals surface area contributed by atoms with Crippen LogP contribution in [0.5, 0.6) is 0 Å². The molecule has 0 fully saturated rings. The number of hydrogen-bond donors (Lipinski definition) is 2. The van der Waals surface area contributed by atoms with Crippen LogP contribution in [-0.4, -0.2) is 50.4 Å². The maximum atomic E-state index is 11.7. The summed E-state index contributed by atoms with van der Waals surface area (Å²) in [6.07, 6.45) is 5.20. The van der Waals surface area contributed by atoms with Crippen LogP contribution in [0.15, 0.2) is 0 Å². The van der Waals surface area contributed by atoms with Gasteiger partial charge in [-0.25, -0.2) is 0 Å². The van der Waals surface area contributed by atoms with Crippen LogP contribution in [0.4, 0.5) is 0 Å². The first kappa shape index (κ1) is 19.9. The zero-order valence-electron chi connectivity index (χ0n) is 14.2. The Morgan fingerprint density at radius 2 is 1.67 bits per heavy atom. The molecule has 2 N–H and O–H groups in total. The van der Waals surface area contributed by atoms with Gasteiger partial charge in [0.05, 0.1) is 0 Å². The van der Waals surface area contributed by atoms with Gasteiger partial charge in [0.2, 0.25) is 11.8 Å². The minimum Gasteiger partial charge on any atom is -0.356 e. The molecule has 0 unspecified atom stereocenters. The number of likely N-dealkylation sites (N-methyl/N-ethyl adjacent to an activating group) is 1. The van der Waals surface area contributed by atoms with Crippen molar-refractivity contribution in [2.24, 2.45) is 5.92 Å². The molecule has 124 valence electrons. The number of nitrogens with one attached hydrogen (secondary N) is 2. The van der Waals surface area contributed by atoms with Gasteiger partial charge in [-0.15, -0.1) is 0 Å². The summed E-state index contributed by atoms with van der Waals surface area (Å²) in [4.78, 5) is 25.3. The number of rotatable bonds is 12. The third kappa shape index (κ3) is 12.4. The molecule has 5 heteroatoms. The van der Waals surface area contributed by atoms with Crippen molar-refractivity contribution in [3.63, 3.8) is 0 Å². The first-order valence-electron chi connectivity index (χ1n) is 8.17. The van der Waals surface area contributed by atoms with Crippen molar-refractivity contribution in [3.05, 3.63) is 0 Å². The van der Waals surface area contributed by atoms with Crippen molar-refractivity contribution in [2.75, 3.05) is 33.7 Å². The fourth-order valence-electron chi connectivity index (χ4n) is 2.02. The molecule has 5 nitrogen and oxygen atoms in total. The Labute approximate surface area is 129 Å². The van der Waals surface area contributed by atoms with Gasteiger partial charge >= 0.3 is 0 Å². The Bertz CT molecular complexity index is 293. The van der Waals surface area contributed by atoms with E-state index in [-0.39, 0.29) is 24.7 Å². The highest BCUT2D eigenvalue weighted by atomic mass is 16.2. The maximum absolute atomic E-state index is 11.7. The third-order valence-electron chi connectivity index (χ3n) is 3.59. The molecule has 0 saturated heterocycles. The molecule has 0 spiro atoms. The van der Waals surface area contributed by atoms with Gasteiger partial charge in [0.25, 0.3) is 0 Å². The molecular formula is C16H33N3O2. The normalized spacial score (nSPS) is 12.2. The molecule has 0 saturated carbocycles. The van der Waals surface area contributed by atoms with Crippen LogP contribution >= 0.6 is 0 Å². The van der Waals surface area contributed by atoms with Gasteiger partial charge in [-0.3, -0.25) is 9.59 Å². The number of hydrogen-bond acceptors (Lipinski definition) is 3. The Balaban J connectivity index is 3.71. The number of carbonyl (C=O) groups is 2. The molecule has 0 aromatic heterocycles. The zero-order chi connectivity index (χ0) is 16.1. The number of amides is 2. The Morgan fingerprint density at radius 1 is 1.05 bits per heavy atom. The van der Waals surface area contributed by atoms with Crippen molar-refractivity contribution >= 4 is 11.8 Å². The monoisotopic (exact) mass is 299 g/mol. The van der Waals surface area contributed by atoms with E-state index in [1.165, 1.54) is 12.8 Å². The predicted molar refractivity (Wildman–Crippen MR) is 87.1 cm³/mol. The van der Waals surface area contributed by atoms with E-state index in [2.05, 4.69) is 24.5 Å². The third-order valence-corrected chi connectivity index (χ3v) is 3.59. The summed E-state index contributed by atoms with van der Waals surface area (Å²) >= 11 is 0. The summed E-state index contributed by atoms with van der Waals surface area (Å²) in [5.41, 5.74) is 0. The molecule has 0 aromatic rings. The van der Waals surface area contributed by atoms with E-state index in [0.717, 1.165) is 25.9 Å². The van der Waals surface area contributed by atoms with Crippen LogP contribution in [0.1, 0.15) is 52.4 Å². The van der Waals surface area contributed by atoms with Crippen LogP contribution < -0.4 is 10.6 Å². The SMILES string of the molecule is CCCC[C@H](CC)CNC(=O)CCC(=O)NCCN(C)C. The lowest BCUT2D eigenvalue weighted by atomic mass is 9.99. The van der Waals surface area contributed by atoms with Crippen molar-refractivity contribution in [3.8, 4) is 0 Å². The number of unbranched alkanes of at least 4 members (excludes halogenated alkanes) is 1. The van der Waals surface area contributed by atoms with E-state index in [0.29, 0.717) is 12.5 Å². The van der Waals surface area contributed by atoms with Crippen LogP contribution in [-0.2, 0) is 9.59 Å². The molecule has 21 heavy (non-hydrogen) atoms. The van der Waals surface area contributed by atoms with Gasteiger partial charge in [0.15, 0.2) is 0 Å². The molecule has 0 aliphatic heterocycles. The Hall–Kier alpha value is -1.10. The van der Waals surface area contributed by atoms with Gasteiger partial charge in [0.1, 0.15) is 0 Å². The molecule has 0 radical (unpaired) electrons. The molecule has 0 bridgehead atoms. The summed E-state index contributed by atoms with van der Waals surface area (Å²) in [6, 6.07) is 0. The van der Waals surface area contributed by atoms with Crippen molar-refractivity contribution in [1.29, 1.82) is 0 Å². The lowest BCUT2D eigenvalue weighted by molar-refractivity contribution is -0.126. The largest absolute Gasteiger partial charge is 0.356 e. The molecule has 0 heterocycles. The molecule has 0 rings (SSSR count). The minimum atomic E-state index is -0.0509. The van der Waals surface area contributed by atoms with Gasteiger partial charge in [0, 0.05) is 32.5 Å². The summed E-state index contributed by atoms with van der Waals surface area (Å²) in [6.45, 7) is 6.51. The lowest BCUT2D eigenvalue weighted by Gasteiger charge is -2.15. The molecular weight excluding hydrogens is 266 g/mol. The second kappa shape index (κ2) is 12.6. The highest BCUT2D eigenvalue weighted by Crippen LogP contribution is 2.11. The fourth-order valence-corrected chi connectivity index (χ4v) is 2.02. The van der Waals surface area contributed by atoms with E-state index >= 15 is 0 Å². The van der Waals surface area contributed by atoms with Crippen molar-refractivity contribution in [1.82, 2.24) is 15.5 Å². The average Bonchev–Trinajstić information content (AvgIpc) is 2.45. The van der Waals surface area contributed by atoms with Gasteiger partial charge in [-0.2, -0.15) is 0 Å². The van der Waals surface area contributed by atoms with Crippen molar-refractivity contribution in [2.45, 2.75) is 52.4 Å². The van der Waals surface area contributed by atoms with E-state index in [1.807, 2.05) is 19.0 Å². The Morgan fingerprint density at radius 3 is 2.19 bits per heavy atom. The number of nitrogens with zero attached hydrogens (tertiary/aromatic N) is 1. The summed E-state index contributed by atoms with van der Waals surface area (Å²) in [5, 5.41) is 5.76. The van der Waals surface area contributed by atoms with E-state index < -0.39 is 0 Å². The van der Waals surface area contributed by atoms with E-state index in [9.17, 15) is 9.59 Å². The lowest BCUT2D eigenvalue weighted by Crippen LogP contribution is -2.33. The second-order valence-corrected chi connectivity index (χ2v) is 5.87. The molecule has 1 atom stereocenters. The topological polar surface area (TPSA) is 61.4 Å². The summed E-state index contributed by atoms with van der Waals surface area (Å²) < 4.78 is 0. The predicted octanol–water partition coefficient (Wildman–Crippen LogP) is 1.78. The fraction of sp³-hybridized carbons (Fsp3) is 0.875. The smallest absolute Gasteiger partial charge is 0.220 e. The highest BCUT2D eigenvalue weighted by molar-refractivity contribution is 5.83. The average molecular weight is 299 g/mol. The van der Waals surface area contributed by atoms with Gasteiger partial charge in [-0.05, 0) is 26.4 Å². The maximum Gasteiger partial charge on any atom is 0.220 e. The van der Waals surface area contributed by atoms with Gasteiger partial charge in [-0.1, -0.05) is 33.1 Å². The van der Waals surface area contributed by atoms with Gasteiger partial charge < -0.3 is 15.5 Å². The molecule has 0 aromatic carbocycles. The molecule has 0 aliphatic carbocycles. The van der Waals surface area contributed by atoms with E-state index in [4.69, 9.17) is 0 Å². The van der Waals surface area contributed by atoms with Crippen molar-refractivity contribution < 1.29 is 9.59 Å². The van der Waals surface area contributed by atoms with Crippen LogP contribution in [0, 0.1) is 5.92 Å². The first-order valence-corrected chi connectivity index (χ1v) is 8.17. The highest BCUT2D eigenvalue weighted by Gasteiger charge is 2.10. The summed E-state index contributed by atoms with van der Waals surface area (Å²) in [7, 11) is 3.92. The zero-order valence-corrected chi connectivity index (χ0v) is 14.2. The van der Waals surface area contributed by atoms with Crippen LogP contribution in [0.2, 0.25) is 0 Å². The van der Waals surface area contributed by atoms with Crippen LogP contribution in [0.25, 0.3) is 0 Å². The van der Waals surface area contributed by atoms with Crippen LogP contribution in [0.3, 0.4) is 0 Å². The van der Waals surface area contributed by atoms with E-state index in [1.54, 1.807) is 0 Å². The number of carbonyl (C=O) groups excluding carboxylic acids is 2. The Kier molecular flexibility index (Phi) is 12.0. The first-order chi connectivity index (χ1) is 9.99. The quantitative estimate of drug-likeness (QED) is 0.577. The second-order valence-electron chi connectivity index (χ2n) is 5.87. The summed E-state index contributed by atoms with van der Waals surface area (Å²) in [5.74, 6) is 0.487. The molecule has 0 aliphatic rings. The minimum absolute atomic E-state index is 0.0206.